The fraction of sp³-hybridized carbons (Fsp3) is 0.667. The predicted molar refractivity (Wildman–Crippen MR) is 58.7 cm³/mol. The second-order valence-corrected chi connectivity index (χ2v) is 3.35. The van der Waals surface area contributed by atoms with Gasteiger partial charge in [0.2, 0.25) is 0 Å². The van der Waals surface area contributed by atoms with Crippen LogP contribution in [0.2, 0.25) is 0 Å². The van der Waals surface area contributed by atoms with Crippen molar-refractivity contribution in [2.75, 3.05) is 0 Å². The first kappa shape index (κ1) is 12.4. The maximum Gasteiger partial charge on any atom is 0.0515 e. The minimum Gasteiger partial charge on any atom is -0.393 e. The lowest BCUT2D eigenvalue weighted by Crippen LogP contribution is -1.96. The smallest absolute Gasteiger partial charge is 0.0515 e. The largest absolute Gasteiger partial charge is 0.393 e. The van der Waals surface area contributed by atoms with Crippen molar-refractivity contribution in [1.82, 2.24) is 0 Å². The first-order valence-electron chi connectivity index (χ1n) is 5.25. The lowest BCUT2D eigenvalue weighted by atomic mass is 10.2. The third kappa shape index (κ3) is 11.4. The van der Waals surface area contributed by atoms with Crippen molar-refractivity contribution >= 4 is 0 Å². The van der Waals surface area contributed by atoms with E-state index in [4.69, 9.17) is 5.11 Å². The zero-order valence-corrected chi connectivity index (χ0v) is 8.87. The molecule has 0 saturated carbocycles. The Labute approximate surface area is 82.2 Å². The van der Waals surface area contributed by atoms with Gasteiger partial charge in [-0.1, -0.05) is 31.2 Å². The van der Waals surface area contributed by atoms with Gasteiger partial charge in [0.15, 0.2) is 0 Å². The first-order chi connectivity index (χ1) is 6.27. The summed E-state index contributed by atoms with van der Waals surface area (Å²) in [6.07, 6.45) is 13.9. The van der Waals surface area contributed by atoms with E-state index in [-0.39, 0.29) is 6.10 Å². The Balaban J connectivity index is 3.17. The molecule has 0 spiro atoms. The molecule has 0 bridgehead atoms. The molecule has 0 saturated heterocycles. The van der Waals surface area contributed by atoms with E-state index in [9.17, 15) is 0 Å². The highest BCUT2D eigenvalue weighted by Gasteiger charge is 1.90. The van der Waals surface area contributed by atoms with Gasteiger partial charge in [0, 0.05) is 0 Å². The Hall–Kier alpha value is -0.560. The van der Waals surface area contributed by atoms with Crippen LogP contribution in [-0.2, 0) is 0 Å². The standard InChI is InChI=1S/C12H22O/c1-3-4-5-6-7-8-9-10-11-12(2)13/h4-5,8-9,12-13H,3,6-7,10-11H2,1-2H3/b5-4+,9-8+. The van der Waals surface area contributed by atoms with E-state index in [0.29, 0.717) is 0 Å². The molecule has 1 atom stereocenters. The minimum atomic E-state index is -0.162. The molecule has 13 heavy (non-hydrogen) atoms. The molecule has 1 unspecified atom stereocenters. The summed E-state index contributed by atoms with van der Waals surface area (Å²) >= 11 is 0. The third-order valence-corrected chi connectivity index (χ3v) is 1.82. The van der Waals surface area contributed by atoms with E-state index in [1.54, 1.807) is 0 Å². The highest BCUT2D eigenvalue weighted by molar-refractivity contribution is 4.87. The fourth-order valence-electron chi connectivity index (χ4n) is 1.05. The molecule has 1 nitrogen and oxygen atoms in total. The van der Waals surface area contributed by atoms with Crippen molar-refractivity contribution in [3.8, 4) is 0 Å². The first-order valence-corrected chi connectivity index (χ1v) is 5.25. The van der Waals surface area contributed by atoms with Gasteiger partial charge in [0.25, 0.3) is 0 Å². The van der Waals surface area contributed by atoms with Crippen molar-refractivity contribution in [1.29, 1.82) is 0 Å². The van der Waals surface area contributed by atoms with Gasteiger partial charge >= 0.3 is 0 Å². The van der Waals surface area contributed by atoms with Crippen LogP contribution in [0.25, 0.3) is 0 Å². The second-order valence-electron chi connectivity index (χ2n) is 3.35. The van der Waals surface area contributed by atoms with Gasteiger partial charge in [-0.3, -0.25) is 0 Å². The normalized spacial score (nSPS) is 14.4. The molecule has 0 rings (SSSR count). The highest BCUT2D eigenvalue weighted by Crippen LogP contribution is 1.99. The number of rotatable bonds is 7. The molecular weight excluding hydrogens is 160 g/mol. The van der Waals surface area contributed by atoms with Crippen LogP contribution >= 0.6 is 0 Å². The van der Waals surface area contributed by atoms with Crippen molar-refractivity contribution in [2.24, 2.45) is 0 Å². The second kappa shape index (κ2) is 9.53. The van der Waals surface area contributed by atoms with Gasteiger partial charge in [-0.05, 0) is 39.0 Å². The van der Waals surface area contributed by atoms with Crippen LogP contribution in [-0.4, -0.2) is 11.2 Å². The molecule has 0 aromatic rings. The molecule has 0 aliphatic carbocycles. The van der Waals surface area contributed by atoms with Gasteiger partial charge in [-0.25, -0.2) is 0 Å². The molecule has 0 aromatic heterocycles. The summed E-state index contributed by atoms with van der Waals surface area (Å²) in [5, 5.41) is 8.98. The van der Waals surface area contributed by atoms with E-state index >= 15 is 0 Å². The maximum absolute atomic E-state index is 8.98. The molecule has 0 heterocycles. The van der Waals surface area contributed by atoms with Crippen LogP contribution < -0.4 is 0 Å². The number of aliphatic hydroxyl groups is 1. The zero-order chi connectivity index (χ0) is 9.94. The molecule has 0 aromatic carbocycles. The minimum absolute atomic E-state index is 0.162. The Kier molecular flexibility index (Phi) is 9.12. The fourth-order valence-corrected chi connectivity index (χ4v) is 1.05. The number of unbranched alkanes of at least 4 members (excludes halogenated alkanes) is 1. The third-order valence-electron chi connectivity index (χ3n) is 1.82. The summed E-state index contributed by atoms with van der Waals surface area (Å²) in [7, 11) is 0. The quantitative estimate of drug-likeness (QED) is 0.472. The van der Waals surface area contributed by atoms with Crippen LogP contribution in [0.15, 0.2) is 24.3 Å². The number of allylic oxidation sites excluding steroid dienone is 4. The predicted octanol–water partition coefficient (Wildman–Crippen LogP) is 3.45. The lowest BCUT2D eigenvalue weighted by molar-refractivity contribution is 0.186. The molecule has 0 aliphatic rings. The van der Waals surface area contributed by atoms with E-state index < -0.39 is 0 Å². The zero-order valence-electron chi connectivity index (χ0n) is 8.87. The van der Waals surface area contributed by atoms with Crippen LogP contribution in [0.4, 0.5) is 0 Å². The number of aliphatic hydroxyl groups excluding tert-OH is 1. The van der Waals surface area contributed by atoms with Gasteiger partial charge < -0.3 is 5.11 Å². The van der Waals surface area contributed by atoms with Crippen molar-refractivity contribution in [2.45, 2.75) is 52.1 Å². The Morgan fingerprint density at radius 1 is 1.00 bits per heavy atom. The topological polar surface area (TPSA) is 20.2 Å². The summed E-state index contributed by atoms with van der Waals surface area (Å²) in [5.74, 6) is 0. The molecular formula is C12H22O. The molecule has 0 amide bonds. The average molecular weight is 182 g/mol. The van der Waals surface area contributed by atoms with E-state index in [1.165, 1.54) is 0 Å². The van der Waals surface area contributed by atoms with E-state index in [0.717, 1.165) is 32.1 Å². The van der Waals surface area contributed by atoms with Gasteiger partial charge in [-0.2, -0.15) is 0 Å². The molecule has 1 heteroatoms. The van der Waals surface area contributed by atoms with Crippen LogP contribution in [0, 0.1) is 0 Å². The average Bonchev–Trinajstić information content (AvgIpc) is 2.09. The van der Waals surface area contributed by atoms with Crippen LogP contribution in [0.3, 0.4) is 0 Å². The van der Waals surface area contributed by atoms with Crippen molar-refractivity contribution in [3.63, 3.8) is 0 Å². The number of hydrogen-bond acceptors (Lipinski definition) is 1. The monoisotopic (exact) mass is 182 g/mol. The summed E-state index contributed by atoms with van der Waals surface area (Å²) in [4.78, 5) is 0. The molecule has 76 valence electrons. The Bertz CT molecular complexity index is 145. The highest BCUT2D eigenvalue weighted by atomic mass is 16.3. The van der Waals surface area contributed by atoms with Gasteiger partial charge in [0.05, 0.1) is 6.10 Å². The van der Waals surface area contributed by atoms with Gasteiger partial charge in [0.1, 0.15) is 0 Å². The summed E-state index contributed by atoms with van der Waals surface area (Å²) < 4.78 is 0. The van der Waals surface area contributed by atoms with Crippen molar-refractivity contribution in [3.05, 3.63) is 24.3 Å². The van der Waals surface area contributed by atoms with Gasteiger partial charge in [-0.15, -0.1) is 0 Å². The van der Waals surface area contributed by atoms with Crippen LogP contribution in [0.5, 0.6) is 0 Å². The number of hydrogen-bond donors (Lipinski definition) is 1. The molecule has 0 fully saturated rings. The molecule has 1 N–H and O–H groups in total. The summed E-state index contributed by atoms with van der Waals surface area (Å²) in [5.41, 5.74) is 0. The summed E-state index contributed by atoms with van der Waals surface area (Å²) in [6.45, 7) is 3.98. The van der Waals surface area contributed by atoms with E-state index in [1.807, 2.05) is 6.92 Å². The summed E-state index contributed by atoms with van der Waals surface area (Å²) in [6, 6.07) is 0. The molecule has 0 radical (unpaired) electrons. The molecule has 0 aliphatic heterocycles. The van der Waals surface area contributed by atoms with Crippen molar-refractivity contribution < 1.29 is 5.11 Å². The SMILES string of the molecule is CC/C=C/CC/C=C/CCC(C)O. The Morgan fingerprint density at radius 2 is 1.54 bits per heavy atom. The van der Waals surface area contributed by atoms with Crippen LogP contribution in [0.1, 0.15) is 46.0 Å². The maximum atomic E-state index is 8.98. The Morgan fingerprint density at radius 3 is 2.08 bits per heavy atom. The lowest BCUT2D eigenvalue weighted by Gasteiger charge is -1.97. The van der Waals surface area contributed by atoms with E-state index in [2.05, 4.69) is 31.2 Å².